The third kappa shape index (κ3) is 6.09. The van der Waals surface area contributed by atoms with E-state index in [-0.39, 0.29) is 41.1 Å². The SMILES string of the molecule is COCCCN1C(=O)C(C)(C)Oc2ccc(N(C(=O)[C@H]3CNC[C@@H](C(=O)NC4(c5ccccc5)CCCC4)C3)C3CC3)cc21. The van der Waals surface area contributed by atoms with Crippen molar-refractivity contribution in [3.05, 3.63) is 54.1 Å². The number of rotatable bonds is 10. The number of hydrogen-bond acceptors (Lipinski definition) is 6. The van der Waals surface area contributed by atoms with Gasteiger partial charge in [0.05, 0.1) is 23.1 Å². The van der Waals surface area contributed by atoms with E-state index in [1.165, 1.54) is 0 Å². The molecule has 4 aliphatic rings. The summed E-state index contributed by atoms with van der Waals surface area (Å²) < 4.78 is 11.4. The lowest BCUT2D eigenvalue weighted by Crippen LogP contribution is -2.53. The van der Waals surface area contributed by atoms with E-state index in [0.29, 0.717) is 50.5 Å². The lowest BCUT2D eigenvalue weighted by Gasteiger charge is -2.40. The van der Waals surface area contributed by atoms with Crippen LogP contribution in [0.25, 0.3) is 0 Å². The second-order valence-corrected chi connectivity index (χ2v) is 13.4. The topological polar surface area (TPSA) is 100 Å². The van der Waals surface area contributed by atoms with Gasteiger partial charge in [-0.1, -0.05) is 43.2 Å². The minimum absolute atomic E-state index is 0.0254. The standard InChI is InChI=1S/C35H46N4O5/c1-34(2)33(42)38(18-9-19-43-3)29-21-28(14-15-30(29)44-34)39(27-12-13-27)32(41)25-20-24(22-36-23-25)31(40)37-35(16-7-8-17-35)26-10-5-4-6-11-26/h4-6,10-11,14-15,21,24-25,27,36H,7-9,12-13,16-20,22-23H2,1-3H3,(H,37,40)/t24-,25+/m0/s1. The Kier molecular flexibility index (Phi) is 8.70. The molecule has 0 bridgehead atoms. The van der Waals surface area contributed by atoms with Gasteiger partial charge in [0.1, 0.15) is 5.75 Å². The summed E-state index contributed by atoms with van der Waals surface area (Å²) in [4.78, 5) is 45.0. The van der Waals surface area contributed by atoms with Gasteiger partial charge in [0.2, 0.25) is 11.8 Å². The molecule has 0 radical (unpaired) electrons. The number of carbonyl (C=O) groups is 3. The van der Waals surface area contributed by atoms with Crippen LogP contribution in [0.4, 0.5) is 11.4 Å². The average molecular weight is 603 g/mol. The largest absolute Gasteiger partial charge is 0.476 e. The number of amides is 3. The summed E-state index contributed by atoms with van der Waals surface area (Å²) in [5.41, 5.74) is 1.31. The van der Waals surface area contributed by atoms with Crippen molar-refractivity contribution < 1.29 is 23.9 Å². The maximum Gasteiger partial charge on any atom is 0.270 e. The number of carbonyl (C=O) groups excluding carboxylic acids is 3. The summed E-state index contributed by atoms with van der Waals surface area (Å²) in [5.74, 6) is -0.0180. The Bertz CT molecular complexity index is 1370. The molecule has 6 rings (SSSR count). The van der Waals surface area contributed by atoms with Crippen LogP contribution in [0, 0.1) is 11.8 Å². The van der Waals surface area contributed by atoms with Crippen LogP contribution >= 0.6 is 0 Å². The molecule has 2 aliphatic heterocycles. The molecule has 0 spiro atoms. The maximum atomic E-state index is 14.2. The molecule has 2 aliphatic carbocycles. The molecule has 0 aromatic heterocycles. The molecule has 3 amide bonds. The van der Waals surface area contributed by atoms with Gasteiger partial charge in [-0.2, -0.15) is 0 Å². The first kappa shape index (κ1) is 30.6. The van der Waals surface area contributed by atoms with Gasteiger partial charge in [-0.15, -0.1) is 0 Å². The second-order valence-electron chi connectivity index (χ2n) is 13.4. The van der Waals surface area contributed by atoms with Crippen LogP contribution < -0.4 is 25.2 Å². The Morgan fingerprint density at radius 3 is 2.50 bits per heavy atom. The van der Waals surface area contributed by atoms with Gasteiger partial charge in [0.25, 0.3) is 5.91 Å². The van der Waals surface area contributed by atoms with E-state index in [4.69, 9.17) is 9.47 Å². The van der Waals surface area contributed by atoms with Gasteiger partial charge in [-0.25, -0.2) is 0 Å². The number of piperidine rings is 1. The molecule has 2 aromatic carbocycles. The molecule has 2 saturated carbocycles. The molecule has 0 unspecified atom stereocenters. The van der Waals surface area contributed by atoms with Gasteiger partial charge in [0.15, 0.2) is 5.60 Å². The fraction of sp³-hybridized carbons (Fsp3) is 0.571. The molecule has 2 atom stereocenters. The van der Waals surface area contributed by atoms with E-state index < -0.39 is 5.60 Å². The lowest BCUT2D eigenvalue weighted by atomic mass is 9.85. The monoisotopic (exact) mass is 602 g/mol. The predicted octanol–water partition coefficient (Wildman–Crippen LogP) is 4.53. The number of ether oxygens (including phenoxy) is 2. The highest BCUT2D eigenvalue weighted by atomic mass is 16.5. The van der Waals surface area contributed by atoms with Crippen molar-refractivity contribution in [1.82, 2.24) is 10.6 Å². The minimum Gasteiger partial charge on any atom is -0.476 e. The second kappa shape index (κ2) is 12.5. The normalized spacial score (nSPS) is 23.9. The summed E-state index contributed by atoms with van der Waals surface area (Å²) in [5, 5.41) is 6.84. The zero-order valence-electron chi connectivity index (χ0n) is 26.3. The Morgan fingerprint density at radius 2 is 1.80 bits per heavy atom. The summed E-state index contributed by atoms with van der Waals surface area (Å²) in [6.45, 7) is 5.72. The fourth-order valence-electron chi connectivity index (χ4n) is 7.23. The number of nitrogens with one attached hydrogen (secondary N) is 2. The summed E-state index contributed by atoms with van der Waals surface area (Å²) >= 11 is 0. The number of hydrogen-bond donors (Lipinski definition) is 2. The van der Waals surface area contributed by atoms with Gasteiger partial charge in [-0.05, 0) is 76.1 Å². The highest BCUT2D eigenvalue weighted by Crippen LogP contribution is 2.43. The molecule has 236 valence electrons. The fourth-order valence-corrected chi connectivity index (χ4v) is 7.23. The highest BCUT2D eigenvalue weighted by Gasteiger charge is 2.44. The van der Waals surface area contributed by atoms with Gasteiger partial charge in [0, 0.05) is 45.1 Å². The van der Waals surface area contributed by atoms with E-state index in [1.807, 2.05) is 41.3 Å². The zero-order chi connectivity index (χ0) is 30.9. The predicted molar refractivity (Wildman–Crippen MR) is 170 cm³/mol. The summed E-state index contributed by atoms with van der Waals surface area (Å²) in [7, 11) is 1.65. The Balaban J connectivity index is 1.20. The van der Waals surface area contributed by atoms with E-state index in [9.17, 15) is 14.4 Å². The van der Waals surface area contributed by atoms with Crippen molar-refractivity contribution in [2.45, 2.75) is 82.4 Å². The molecule has 2 heterocycles. The first-order chi connectivity index (χ1) is 21.2. The van der Waals surface area contributed by atoms with Crippen LogP contribution in [-0.2, 0) is 24.7 Å². The van der Waals surface area contributed by atoms with Crippen LogP contribution in [0.3, 0.4) is 0 Å². The number of anilines is 2. The van der Waals surface area contributed by atoms with Crippen molar-refractivity contribution in [2.24, 2.45) is 11.8 Å². The van der Waals surface area contributed by atoms with Crippen molar-refractivity contribution in [3.8, 4) is 5.75 Å². The van der Waals surface area contributed by atoms with Crippen LogP contribution in [0.5, 0.6) is 5.75 Å². The Morgan fingerprint density at radius 1 is 1.07 bits per heavy atom. The summed E-state index contributed by atoms with van der Waals surface area (Å²) in [6.07, 6.45) is 7.13. The van der Waals surface area contributed by atoms with Crippen molar-refractivity contribution in [2.75, 3.05) is 43.2 Å². The molecule has 2 N–H and O–H groups in total. The smallest absolute Gasteiger partial charge is 0.270 e. The molecule has 9 nitrogen and oxygen atoms in total. The Hall–Kier alpha value is -3.43. The lowest BCUT2D eigenvalue weighted by molar-refractivity contribution is -0.132. The molecule has 9 heteroatoms. The van der Waals surface area contributed by atoms with Crippen LogP contribution in [-0.4, -0.2) is 62.7 Å². The molecule has 2 aromatic rings. The zero-order valence-corrected chi connectivity index (χ0v) is 26.3. The minimum atomic E-state index is -0.978. The van der Waals surface area contributed by atoms with E-state index in [0.717, 1.165) is 49.8 Å². The third-order valence-electron chi connectivity index (χ3n) is 9.73. The molecule has 44 heavy (non-hydrogen) atoms. The van der Waals surface area contributed by atoms with E-state index >= 15 is 0 Å². The first-order valence-corrected chi connectivity index (χ1v) is 16.3. The van der Waals surface area contributed by atoms with Crippen molar-refractivity contribution >= 4 is 29.1 Å². The Labute approximate surface area is 260 Å². The average Bonchev–Trinajstić information content (AvgIpc) is 3.75. The van der Waals surface area contributed by atoms with Crippen molar-refractivity contribution in [3.63, 3.8) is 0 Å². The van der Waals surface area contributed by atoms with E-state index in [1.54, 1.807) is 25.9 Å². The summed E-state index contributed by atoms with van der Waals surface area (Å²) in [6, 6.07) is 16.2. The van der Waals surface area contributed by atoms with Gasteiger partial charge < -0.3 is 29.9 Å². The number of nitrogens with zero attached hydrogens (tertiary/aromatic N) is 2. The first-order valence-electron chi connectivity index (χ1n) is 16.3. The number of benzene rings is 2. The molecule has 3 fully saturated rings. The van der Waals surface area contributed by atoms with Crippen molar-refractivity contribution in [1.29, 1.82) is 0 Å². The van der Waals surface area contributed by atoms with Crippen LogP contribution in [0.1, 0.15) is 70.8 Å². The quantitative estimate of drug-likeness (QED) is 0.388. The van der Waals surface area contributed by atoms with Gasteiger partial charge in [-0.3, -0.25) is 14.4 Å². The number of methoxy groups -OCH3 is 1. The number of fused-ring (bicyclic) bond motifs is 1. The molecular formula is C35H46N4O5. The maximum absolute atomic E-state index is 14.2. The third-order valence-corrected chi connectivity index (χ3v) is 9.73. The molecular weight excluding hydrogens is 556 g/mol. The van der Waals surface area contributed by atoms with E-state index in [2.05, 4.69) is 22.8 Å². The highest BCUT2D eigenvalue weighted by molar-refractivity contribution is 6.04. The van der Waals surface area contributed by atoms with Gasteiger partial charge >= 0.3 is 0 Å². The molecule has 1 saturated heterocycles. The van der Waals surface area contributed by atoms with Crippen LogP contribution in [0.2, 0.25) is 0 Å². The van der Waals surface area contributed by atoms with Crippen LogP contribution in [0.15, 0.2) is 48.5 Å².